The second kappa shape index (κ2) is 8.76. The number of likely N-dealkylation sites (N-methyl/N-ethyl adjacent to an activating group) is 1. The van der Waals surface area contributed by atoms with Crippen molar-refractivity contribution < 1.29 is 4.79 Å². The third-order valence-electron chi connectivity index (χ3n) is 4.13. The fraction of sp³-hybridized carbons (Fsp3) is 0.588. The summed E-state index contributed by atoms with van der Waals surface area (Å²) in [5, 5.41) is 5.82. The SMILES string of the molecule is CCc1cccc(NC(=O)NCCCN2CCN(C)CC2)c1. The number of urea groups is 1. The maximum absolute atomic E-state index is 11.9. The number of benzene rings is 1. The van der Waals surface area contributed by atoms with Gasteiger partial charge in [-0.3, -0.25) is 0 Å². The molecule has 1 saturated heterocycles. The van der Waals surface area contributed by atoms with Crippen LogP contribution in [-0.2, 0) is 6.42 Å². The molecule has 0 saturated carbocycles. The number of hydrogen-bond acceptors (Lipinski definition) is 3. The molecule has 0 unspecified atom stereocenters. The first-order valence-corrected chi connectivity index (χ1v) is 8.22. The summed E-state index contributed by atoms with van der Waals surface area (Å²) < 4.78 is 0. The van der Waals surface area contributed by atoms with Gasteiger partial charge >= 0.3 is 6.03 Å². The largest absolute Gasteiger partial charge is 0.338 e. The minimum atomic E-state index is -0.119. The number of amides is 2. The molecule has 122 valence electrons. The molecule has 2 amide bonds. The molecule has 22 heavy (non-hydrogen) atoms. The normalized spacial score (nSPS) is 16.5. The van der Waals surface area contributed by atoms with Gasteiger partial charge in [0.25, 0.3) is 0 Å². The lowest BCUT2D eigenvalue weighted by Crippen LogP contribution is -2.45. The number of anilines is 1. The van der Waals surface area contributed by atoms with Crippen molar-refractivity contribution in [3.05, 3.63) is 29.8 Å². The molecule has 5 heteroatoms. The van der Waals surface area contributed by atoms with Gasteiger partial charge in [0.05, 0.1) is 0 Å². The number of rotatable bonds is 6. The quantitative estimate of drug-likeness (QED) is 0.790. The number of hydrogen-bond donors (Lipinski definition) is 2. The van der Waals surface area contributed by atoms with Gasteiger partial charge in [-0.15, -0.1) is 0 Å². The zero-order valence-electron chi connectivity index (χ0n) is 13.8. The number of aryl methyl sites for hydroxylation is 1. The van der Waals surface area contributed by atoms with Gasteiger partial charge in [0.1, 0.15) is 0 Å². The van der Waals surface area contributed by atoms with Crippen molar-refractivity contribution in [3.63, 3.8) is 0 Å². The Kier molecular flexibility index (Phi) is 6.68. The van der Waals surface area contributed by atoms with E-state index in [1.165, 1.54) is 5.56 Å². The van der Waals surface area contributed by atoms with Crippen LogP contribution >= 0.6 is 0 Å². The summed E-state index contributed by atoms with van der Waals surface area (Å²) in [4.78, 5) is 16.7. The van der Waals surface area contributed by atoms with Crippen LogP contribution in [-0.4, -0.2) is 62.1 Å². The first kappa shape index (κ1) is 16.8. The van der Waals surface area contributed by atoms with Gasteiger partial charge in [0.15, 0.2) is 0 Å². The van der Waals surface area contributed by atoms with Gasteiger partial charge in [-0.1, -0.05) is 19.1 Å². The fourth-order valence-electron chi connectivity index (χ4n) is 2.62. The third kappa shape index (κ3) is 5.66. The van der Waals surface area contributed by atoms with E-state index in [9.17, 15) is 4.79 Å². The monoisotopic (exact) mass is 304 g/mol. The van der Waals surface area contributed by atoms with Crippen LogP contribution in [0.25, 0.3) is 0 Å². The van der Waals surface area contributed by atoms with Crippen molar-refractivity contribution in [1.29, 1.82) is 0 Å². The van der Waals surface area contributed by atoms with Crippen molar-refractivity contribution in [2.75, 3.05) is 51.6 Å². The number of carbonyl (C=O) groups is 1. The average Bonchev–Trinajstić information content (AvgIpc) is 2.53. The van der Waals surface area contributed by atoms with Crippen LogP contribution in [0.3, 0.4) is 0 Å². The first-order valence-electron chi connectivity index (χ1n) is 8.22. The predicted octanol–water partition coefficient (Wildman–Crippen LogP) is 2.01. The van der Waals surface area contributed by atoms with Gasteiger partial charge in [-0.2, -0.15) is 0 Å². The van der Waals surface area contributed by atoms with Crippen molar-refractivity contribution in [2.24, 2.45) is 0 Å². The van der Waals surface area contributed by atoms with Crippen LogP contribution in [0.5, 0.6) is 0 Å². The zero-order valence-corrected chi connectivity index (χ0v) is 13.8. The lowest BCUT2D eigenvalue weighted by Gasteiger charge is -2.32. The summed E-state index contributed by atoms with van der Waals surface area (Å²) in [5.74, 6) is 0. The molecule has 1 aliphatic heterocycles. The highest BCUT2D eigenvalue weighted by atomic mass is 16.2. The molecule has 0 atom stereocenters. The molecular weight excluding hydrogens is 276 g/mol. The minimum Gasteiger partial charge on any atom is -0.338 e. The molecule has 0 radical (unpaired) electrons. The van der Waals surface area contributed by atoms with Crippen LogP contribution < -0.4 is 10.6 Å². The third-order valence-corrected chi connectivity index (χ3v) is 4.13. The van der Waals surface area contributed by atoms with Crippen LogP contribution in [0.15, 0.2) is 24.3 Å². The Morgan fingerprint density at radius 3 is 2.73 bits per heavy atom. The van der Waals surface area contributed by atoms with E-state index >= 15 is 0 Å². The highest BCUT2D eigenvalue weighted by Crippen LogP contribution is 2.10. The number of nitrogens with one attached hydrogen (secondary N) is 2. The summed E-state index contributed by atoms with van der Waals surface area (Å²) >= 11 is 0. The van der Waals surface area contributed by atoms with Gasteiger partial charge in [0, 0.05) is 38.4 Å². The van der Waals surface area contributed by atoms with E-state index < -0.39 is 0 Å². The van der Waals surface area contributed by atoms with Gasteiger partial charge in [0.2, 0.25) is 0 Å². The van der Waals surface area contributed by atoms with Crippen LogP contribution in [0, 0.1) is 0 Å². The van der Waals surface area contributed by atoms with E-state index in [2.05, 4.69) is 40.5 Å². The van der Waals surface area contributed by atoms with E-state index in [-0.39, 0.29) is 6.03 Å². The van der Waals surface area contributed by atoms with E-state index in [0.29, 0.717) is 6.54 Å². The maximum Gasteiger partial charge on any atom is 0.319 e. The number of piperazine rings is 1. The Hall–Kier alpha value is -1.59. The molecule has 0 spiro atoms. The summed E-state index contributed by atoms with van der Waals surface area (Å²) in [6, 6.07) is 7.86. The Bertz CT molecular complexity index is 469. The second-order valence-corrected chi connectivity index (χ2v) is 5.93. The summed E-state index contributed by atoms with van der Waals surface area (Å²) in [5.41, 5.74) is 2.09. The fourth-order valence-corrected chi connectivity index (χ4v) is 2.62. The topological polar surface area (TPSA) is 47.6 Å². The van der Waals surface area contributed by atoms with Gasteiger partial charge in [-0.25, -0.2) is 4.79 Å². The smallest absolute Gasteiger partial charge is 0.319 e. The van der Waals surface area contributed by atoms with E-state index in [1.54, 1.807) is 0 Å². The Balaban J connectivity index is 1.61. The molecule has 2 N–H and O–H groups in total. The van der Waals surface area contributed by atoms with Gasteiger partial charge < -0.3 is 20.4 Å². The highest BCUT2D eigenvalue weighted by Gasteiger charge is 2.12. The molecule has 1 aromatic carbocycles. The van der Waals surface area contributed by atoms with E-state index in [0.717, 1.165) is 51.3 Å². The van der Waals surface area contributed by atoms with E-state index in [4.69, 9.17) is 0 Å². The molecular formula is C17H28N4O. The molecule has 0 bridgehead atoms. The van der Waals surface area contributed by atoms with Crippen molar-refractivity contribution in [2.45, 2.75) is 19.8 Å². The molecule has 1 aliphatic rings. The molecule has 5 nitrogen and oxygen atoms in total. The van der Waals surface area contributed by atoms with Gasteiger partial charge in [-0.05, 0) is 44.1 Å². The van der Waals surface area contributed by atoms with Crippen LogP contribution in [0.4, 0.5) is 10.5 Å². The Morgan fingerprint density at radius 2 is 2.00 bits per heavy atom. The Morgan fingerprint density at radius 1 is 1.23 bits per heavy atom. The highest BCUT2D eigenvalue weighted by molar-refractivity contribution is 5.89. The summed E-state index contributed by atoms with van der Waals surface area (Å²) in [6.07, 6.45) is 1.97. The first-order chi connectivity index (χ1) is 10.7. The lowest BCUT2D eigenvalue weighted by molar-refractivity contribution is 0.153. The van der Waals surface area contributed by atoms with Crippen molar-refractivity contribution in [1.82, 2.24) is 15.1 Å². The Labute approximate surface area is 133 Å². The standard InChI is InChI=1S/C17H28N4O/c1-3-15-6-4-7-16(14-15)19-17(22)18-8-5-9-21-12-10-20(2)11-13-21/h4,6-7,14H,3,5,8-13H2,1-2H3,(H2,18,19,22). The maximum atomic E-state index is 11.9. The van der Waals surface area contributed by atoms with Crippen LogP contribution in [0.2, 0.25) is 0 Å². The lowest BCUT2D eigenvalue weighted by atomic mass is 10.1. The predicted molar refractivity (Wildman–Crippen MR) is 91.4 cm³/mol. The molecule has 2 rings (SSSR count). The number of nitrogens with zero attached hydrogens (tertiary/aromatic N) is 2. The van der Waals surface area contributed by atoms with Crippen molar-refractivity contribution >= 4 is 11.7 Å². The van der Waals surface area contributed by atoms with E-state index in [1.807, 2.05) is 18.2 Å². The zero-order chi connectivity index (χ0) is 15.8. The molecule has 0 aliphatic carbocycles. The minimum absolute atomic E-state index is 0.119. The summed E-state index contributed by atoms with van der Waals surface area (Å²) in [7, 11) is 2.16. The summed E-state index contributed by atoms with van der Waals surface area (Å²) in [6.45, 7) is 8.42. The molecule has 1 fully saturated rings. The van der Waals surface area contributed by atoms with Crippen LogP contribution in [0.1, 0.15) is 18.9 Å². The second-order valence-electron chi connectivity index (χ2n) is 5.93. The number of carbonyl (C=O) groups excluding carboxylic acids is 1. The van der Waals surface area contributed by atoms with Crippen molar-refractivity contribution in [3.8, 4) is 0 Å². The average molecular weight is 304 g/mol. The molecule has 1 aromatic rings. The molecule has 1 heterocycles. The molecule has 0 aromatic heterocycles.